The number of benzene rings is 3. The molecule has 164 valence electrons. The number of unbranched alkanes of at least 4 members (excludes halogenated alkanes) is 3. The quantitative estimate of drug-likeness (QED) is 0.143. The minimum Gasteiger partial charge on any atom is -0.491 e. The zero-order valence-corrected chi connectivity index (χ0v) is 18.7. The molecule has 1 atom stereocenters. The highest BCUT2D eigenvalue weighted by molar-refractivity contribution is 5.91. The van der Waals surface area contributed by atoms with Crippen LogP contribution in [0, 0.1) is 6.57 Å². The average Bonchev–Trinajstić information content (AvgIpc) is 2.83. The van der Waals surface area contributed by atoms with Crippen LogP contribution in [0.25, 0.3) is 16.0 Å². The summed E-state index contributed by atoms with van der Waals surface area (Å²) in [4.78, 5) is 15.6. The number of carbonyl (C=O) groups excluding carboxylic acids is 1. The summed E-state index contributed by atoms with van der Waals surface area (Å²) in [5.74, 6) is 0.913. The fraction of sp³-hybridized carbons (Fsp3) is 0.286. The Morgan fingerprint density at radius 2 is 1.44 bits per heavy atom. The van der Waals surface area contributed by atoms with E-state index in [9.17, 15) is 4.79 Å². The smallest absolute Gasteiger partial charge is 0.343 e. The second-order valence-corrected chi connectivity index (χ2v) is 7.87. The summed E-state index contributed by atoms with van der Waals surface area (Å²) in [6, 6.07) is 21.9. The lowest BCUT2D eigenvalue weighted by Gasteiger charge is -2.15. The van der Waals surface area contributed by atoms with Gasteiger partial charge >= 0.3 is 5.97 Å². The van der Waals surface area contributed by atoms with E-state index in [4.69, 9.17) is 16.0 Å². The summed E-state index contributed by atoms with van der Waals surface area (Å²) < 4.78 is 11.5. The highest BCUT2D eigenvalue weighted by Crippen LogP contribution is 2.26. The molecule has 0 saturated heterocycles. The van der Waals surface area contributed by atoms with Gasteiger partial charge in [0.1, 0.15) is 11.5 Å². The van der Waals surface area contributed by atoms with E-state index >= 15 is 0 Å². The van der Waals surface area contributed by atoms with E-state index in [1.807, 2.05) is 36.4 Å². The molecule has 0 aliphatic rings. The van der Waals surface area contributed by atoms with Gasteiger partial charge in [0, 0.05) is 0 Å². The van der Waals surface area contributed by atoms with Gasteiger partial charge in [0.05, 0.1) is 18.2 Å². The SMILES string of the molecule is [C-]#[N+]c1ccc(C(=O)Oc2ccc(-c3ccc(O[C@H](C)CCCCCC)cc3)cc2)cc1. The lowest BCUT2D eigenvalue weighted by atomic mass is 10.1. The van der Waals surface area contributed by atoms with Crippen molar-refractivity contribution in [1.29, 1.82) is 0 Å². The first-order chi connectivity index (χ1) is 15.6. The highest BCUT2D eigenvalue weighted by Gasteiger charge is 2.09. The van der Waals surface area contributed by atoms with Gasteiger partial charge in [-0.2, -0.15) is 0 Å². The van der Waals surface area contributed by atoms with Crippen LogP contribution in [0.4, 0.5) is 5.69 Å². The molecule has 0 N–H and O–H groups in total. The van der Waals surface area contributed by atoms with Gasteiger partial charge in [-0.1, -0.05) is 74.7 Å². The molecule has 3 aromatic carbocycles. The Kier molecular flexibility index (Phi) is 8.45. The minimum absolute atomic E-state index is 0.212. The molecule has 4 nitrogen and oxygen atoms in total. The van der Waals surface area contributed by atoms with Crippen LogP contribution < -0.4 is 9.47 Å². The summed E-state index contributed by atoms with van der Waals surface area (Å²) in [5.41, 5.74) is 3.01. The molecule has 0 aliphatic heterocycles. The third-order valence-electron chi connectivity index (χ3n) is 5.29. The fourth-order valence-corrected chi connectivity index (χ4v) is 3.43. The number of carbonyl (C=O) groups is 1. The van der Waals surface area contributed by atoms with E-state index < -0.39 is 5.97 Å². The molecule has 0 saturated carbocycles. The van der Waals surface area contributed by atoms with Crippen LogP contribution in [0.1, 0.15) is 56.3 Å². The maximum absolute atomic E-state index is 12.3. The molecule has 0 aliphatic carbocycles. The lowest BCUT2D eigenvalue weighted by Crippen LogP contribution is -2.11. The maximum atomic E-state index is 12.3. The molecule has 3 aromatic rings. The molecule has 32 heavy (non-hydrogen) atoms. The molecule has 4 heteroatoms. The Bertz CT molecular complexity index is 1030. The van der Waals surface area contributed by atoms with Crippen LogP contribution in [-0.2, 0) is 0 Å². The molecular weight excluding hydrogens is 398 g/mol. The standard InChI is InChI=1S/C28H29NO3/c1-4-5-6-7-8-21(2)31-26-17-11-22(12-18-26)23-13-19-27(20-14-23)32-28(30)24-9-15-25(29-3)16-10-24/h9-21H,4-8H2,1-2H3/t21-/m1/s1. The van der Waals surface area contributed by atoms with Gasteiger partial charge < -0.3 is 9.47 Å². The van der Waals surface area contributed by atoms with Crippen molar-refractivity contribution in [3.8, 4) is 22.6 Å². The Labute approximate surface area is 190 Å². The minimum atomic E-state index is -0.445. The number of hydrogen-bond donors (Lipinski definition) is 0. The molecular formula is C28H29NO3. The molecule has 0 aromatic heterocycles. The van der Waals surface area contributed by atoms with Gasteiger partial charge in [0.15, 0.2) is 5.69 Å². The number of rotatable bonds is 10. The second-order valence-electron chi connectivity index (χ2n) is 7.87. The Morgan fingerprint density at radius 1 is 0.844 bits per heavy atom. The Balaban J connectivity index is 1.55. The first-order valence-electron chi connectivity index (χ1n) is 11.2. The van der Waals surface area contributed by atoms with Crippen molar-refractivity contribution in [1.82, 2.24) is 0 Å². The van der Waals surface area contributed by atoms with Crippen molar-refractivity contribution in [2.75, 3.05) is 0 Å². The van der Waals surface area contributed by atoms with E-state index in [1.54, 1.807) is 36.4 Å². The van der Waals surface area contributed by atoms with Gasteiger partial charge in [-0.3, -0.25) is 0 Å². The van der Waals surface area contributed by atoms with Crippen LogP contribution in [-0.4, -0.2) is 12.1 Å². The summed E-state index contributed by atoms with van der Waals surface area (Å²) >= 11 is 0. The van der Waals surface area contributed by atoms with Crippen molar-refractivity contribution >= 4 is 11.7 Å². The van der Waals surface area contributed by atoms with Gasteiger partial charge in [-0.25, -0.2) is 9.64 Å². The zero-order chi connectivity index (χ0) is 22.8. The van der Waals surface area contributed by atoms with E-state index in [0.29, 0.717) is 17.0 Å². The van der Waals surface area contributed by atoms with Crippen molar-refractivity contribution in [3.05, 3.63) is 89.8 Å². The second kappa shape index (κ2) is 11.7. The summed E-state index contributed by atoms with van der Waals surface area (Å²) in [6.45, 7) is 11.3. The van der Waals surface area contributed by atoms with Gasteiger partial charge in [-0.15, -0.1) is 0 Å². The molecule has 0 amide bonds. The monoisotopic (exact) mass is 427 g/mol. The van der Waals surface area contributed by atoms with Crippen LogP contribution in [0.3, 0.4) is 0 Å². The van der Waals surface area contributed by atoms with E-state index in [-0.39, 0.29) is 6.10 Å². The molecule has 0 spiro atoms. The lowest BCUT2D eigenvalue weighted by molar-refractivity contribution is 0.0735. The largest absolute Gasteiger partial charge is 0.491 e. The Morgan fingerprint density at radius 3 is 2.00 bits per heavy atom. The van der Waals surface area contributed by atoms with Crippen molar-refractivity contribution in [2.45, 2.75) is 52.1 Å². The van der Waals surface area contributed by atoms with Gasteiger partial charge in [0.25, 0.3) is 0 Å². The number of nitrogens with zero attached hydrogens (tertiary/aromatic N) is 1. The topological polar surface area (TPSA) is 39.9 Å². The van der Waals surface area contributed by atoms with Gasteiger partial charge in [-0.05, 0) is 55.2 Å². The fourth-order valence-electron chi connectivity index (χ4n) is 3.43. The summed E-state index contributed by atoms with van der Waals surface area (Å²) in [5, 5.41) is 0. The highest BCUT2D eigenvalue weighted by atomic mass is 16.5. The van der Waals surface area contributed by atoms with Crippen molar-refractivity contribution < 1.29 is 14.3 Å². The first kappa shape index (κ1) is 23.1. The van der Waals surface area contributed by atoms with Crippen LogP contribution in [0.15, 0.2) is 72.8 Å². The molecule has 0 radical (unpaired) electrons. The molecule has 0 heterocycles. The third-order valence-corrected chi connectivity index (χ3v) is 5.29. The molecule has 0 bridgehead atoms. The maximum Gasteiger partial charge on any atom is 0.343 e. The molecule has 0 fully saturated rings. The summed E-state index contributed by atoms with van der Waals surface area (Å²) in [6.07, 6.45) is 6.29. The number of ether oxygens (including phenoxy) is 2. The first-order valence-corrected chi connectivity index (χ1v) is 11.2. The molecule has 3 rings (SSSR count). The third kappa shape index (κ3) is 6.72. The average molecular weight is 428 g/mol. The zero-order valence-electron chi connectivity index (χ0n) is 18.7. The predicted molar refractivity (Wildman–Crippen MR) is 128 cm³/mol. The predicted octanol–water partition coefficient (Wildman–Crippen LogP) is 7.86. The van der Waals surface area contributed by atoms with Gasteiger partial charge in [0.2, 0.25) is 0 Å². The van der Waals surface area contributed by atoms with Crippen LogP contribution >= 0.6 is 0 Å². The van der Waals surface area contributed by atoms with Crippen LogP contribution in [0.2, 0.25) is 0 Å². The van der Waals surface area contributed by atoms with E-state index in [1.165, 1.54) is 25.7 Å². The number of hydrogen-bond acceptors (Lipinski definition) is 3. The van der Waals surface area contributed by atoms with Crippen molar-refractivity contribution in [3.63, 3.8) is 0 Å². The van der Waals surface area contributed by atoms with E-state index in [2.05, 4.69) is 18.7 Å². The normalized spacial score (nSPS) is 11.4. The van der Waals surface area contributed by atoms with Crippen LogP contribution in [0.5, 0.6) is 11.5 Å². The van der Waals surface area contributed by atoms with E-state index in [0.717, 1.165) is 23.3 Å². The summed E-state index contributed by atoms with van der Waals surface area (Å²) in [7, 11) is 0. The molecule has 0 unspecified atom stereocenters. The number of esters is 1. The van der Waals surface area contributed by atoms with Crippen molar-refractivity contribution in [2.24, 2.45) is 0 Å². The Hall–Kier alpha value is -3.58.